The number of nitrogens with zero attached hydrogens (tertiary/aromatic N) is 1. The Kier molecular flexibility index (Phi) is 5.61. The van der Waals surface area contributed by atoms with Gasteiger partial charge in [-0.2, -0.15) is 0 Å². The third kappa shape index (κ3) is 3.67. The summed E-state index contributed by atoms with van der Waals surface area (Å²) < 4.78 is 2.40. The number of nitrogens with one attached hydrogen (secondary N) is 1. The summed E-state index contributed by atoms with van der Waals surface area (Å²) in [7, 11) is 0. The summed E-state index contributed by atoms with van der Waals surface area (Å²) in [6.07, 6.45) is 4.79. The van der Waals surface area contributed by atoms with Gasteiger partial charge in [-0.1, -0.05) is 27.2 Å². The smallest absolute Gasteiger partial charge is 0.0446 e. The predicted molar refractivity (Wildman–Crippen MR) is 70.6 cm³/mol. The van der Waals surface area contributed by atoms with Crippen LogP contribution in [0.2, 0.25) is 0 Å². The van der Waals surface area contributed by atoms with Crippen LogP contribution in [-0.2, 0) is 6.54 Å². The normalized spacial score (nSPS) is 15.0. The lowest BCUT2D eigenvalue weighted by Crippen LogP contribution is -2.21. The molecular formula is C14H26N2. The second-order valence-corrected chi connectivity index (χ2v) is 4.76. The molecule has 2 unspecified atom stereocenters. The van der Waals surface area contributed by atoms with Crippen LogP contribution in [0.5, 0.6) is 0 Å². The largest absolute Gasteiger partial charge is 0.350 e. The first kappa shape index (κ1) is 13.3. The molecule has 0 aliphatic heterocycles. The van der Waals surface area contributed by atoms with Crippen molar-refractivity contribution in [3.05, 3.63) is 24.0 Å². The standard InChI is InChI=1S/C14H26N2/c1-5-8-12(3)11-16-10-7-9-14(16)13(4)15-6-2/h7,9-10,12-13,15H,5-6,8,11H2,1-4H3. The molecule has 2 heteroatoms. The second kappa shape index (κ2) is 6.74. The maximum Gasteiger partial charge on any atom is 0.0446 e. The van der Waals surface area contributed by atoms with Crippen molar-refractivity contribution in [2.24, 2.45) is 5.92 Å². The van der Waals surface area contributed by atoms with Gasteiger partial charge in [0.1, 0.15) is 0 Å². The van der Waals surface area contributed by atoms with Gasteiger partial charge in [0.25, 0.3) is 0 Å². The highest BCUT2D eigenvalue weighted by Crippen LogP contribution is 2.16. The lowest BCUT2D eigenvalue weighted by molar-refractivity contribution is 0.426. The van der Waals surface area contributed by atoms with Crippen LogP contribution < -0.4 is 5.32 Å². The van der Waals surface area contributed by atoms with Gasteiger partial charge in [0.2, 0.25) is 0 Å². The van der Waals surface area contributed by atoms with Crippen LogP contribution in [0.25, 0.3) is 0 Å². The lowest BCUT2D eigenvalue weighted by atomic mass is 10.1. The minimum Gasteiger partial charge on any atom is -0.350 e. The maximum absolute atomic E-state index is 3.47. The first-order valence-electron chi connectivity index (χ1n) is 6.57. The molecule has 0 aliphatic rings. The molecule has 1 aromatic heterocycles. The van der Waals surface area contributed by atoms with E-state index in [4.69, 9.17) is 0 Å². The van der Waals surface area contributed by atoms with Crippen LogP contribution >= 0.6 is 0 Å². The van der Waals surface area contributed by atoms with Crippen molar-refractivity contribution >= 4 is 0 Å². The molecular weight excluding hydrogens is 196 g/mol. The molecule has 1 N–H and O–H groups in total. The molecule has 1 aromatic rings. The van der Waals surface area contributed by atoms with Crippen LogP contribution in [0.4, 0.5) is 0 Å². The molecule has 0 radical (unpaired) electrons. The highest BCUT2D eigenvalue weighted by Gasteiger charge is 2.10. The Morgan fingerprint density at radius 3 is 2.69 bits per heavy atom. The summed E-state index contributed by atoms with van der Waals surface area (Å²) in [4.78, 5) is 0. The molecule has 0 aliphatic carbocycles. The van der Waals surface area contributed by atoms with Gasteiger partial charge < -0.3 is 9.88 Å². The predicted octanol–water partition coefficient (Wildman–Crippen LogP) is 3.59. The molecule has 0 amide bonds. The molecule has 92 valence electrons. The Bertz CT molecular complexity index is 291. The van der Waals surface area contributed by atoms with Gasteiger partial charge >= 0.3 is 0 Å². The van der Waals surface area contributed by atoms with Crippen molar-refractivity contribution in [1.82, 2.24) is 9.88 Å². The van der Waals surface area contributed by atoms with E-state index in [0.717, 1.165) is 19.0 Å². The first-order valence-corrected chi connectivity index (χ1v) is 6.57. The van der Waals surface area contributed by atoms with E-state index in [1.54, 1.807) is 0 Å². The molecule has 2 nitrogen and oxygen atoms in total. The molecule has 1 heterocycles. The van der Waals surface area contributed by atoms with E-state index in [1.807, 2.05) is 0 Å². The lowest BCUT2D eigenvalue weighted by Gasteiger charge is -2.19. The van der Waals surface area contributed by atoms with Crippen LogP contribution in [0.1, 0.15) is 52.3 Å². The van der Waals surface area contributed by atoms with Crippen molar-refractivity contribution in [2.45, 2.75) is 53.1 Å². The summed E-state index contributed by atoms with van der Waals surface area (Å²) in [5.41, 5.74) is 1.41. The van der Waals surface area contributed by atoms with Gasteiger partial charge in [0.05, 0.1) is 0 Å². The Hall–Kier alpha value is -0.760. The van der Waals surface area contributed by atoms with Crippen molar-refractivity contribution in [3.63, 3.8) is 0 Å². The van der Waals surface area contributed by atoms with E-state index in [2.05, 4.69) is 55.9 Å². The van der Waals surface area contributed by atoms with Gasteiger partial charge in [-0.25, -0.2) is 0 Å². The van der Waals surface area contributed by atoms with E-state index in [1.165, 1.54) is 18.5 Å². The Morgan fingerprint density at radius 2 is 2.06 bits per heavy atom. The summed E-state index contributed by atoms with van der Waals surface area (Å²) >= 11 is 0. The molecule has 0 saturated carbocycles. The molecule has 0 bridgehead atoms. The number of hydrogen-bond donors (Lipinski definition) is 1. The van der Waals surface area contributed by atoms with E-state index >= 15 is 0 Å². The Balaban J connectivity index is 2.62. The van der Waals surface area contributed by atoms with E-state index in [-0.39, 0.29) is 0 Å². The highest BCUT2D eigenvalue weighted by molar-refractivity contribution is 5.11. The summed E-state index contributed by atoms with van der Waals surface area (Å²) in [6, 6.07) is 4.84. The second-order valence-electron chi connectivity index (χ2n) is 4.76. The van der Waals surface area contributed by atoms with Crippen LogP contribution in [0, 0.1) is 5.92 Å². The average Bonchev–Trinajstić information content (AvgIpc) is 2.66. The van der Waals surface area contributed by atoms with Gasteiger partial charge in [-0.05, 0) is 37.9 Å². The van der Waals surface area contributed by atoms with Gasteiger partial charge in [-0.15, -0.1) is 0 Å². The zero-order valence-electron chi connectivity index (χ0n) is 11.2. The molecule has 0 saturated heterocycles. The van der Waals surface area contributed by atoms with E-state index in [9.17, 15) is 0 Å². The quantitative estimate of drug-likeness (QED) is 0.746. The van der Waals surface area contributed by atoms with Crippen molar-refractivity contribution in [1.29, 1.82) is 0 Å². The third-order valence-corrected chi connectivity index (χ3v) is 3.11. The SMILES string of the molecule is CCCC(C)Cn1cccc1C(C)NCC. The molecule has 0 spiro atoms. The minimum absolute atomic E-state index is 0.453. The van der Waals surface area contributed by atoms with Gasteiger partial charge in [-0.3, -0.25) is 0 Å². The molecule has 0 fully saturated rings. The van der Waals surface area contributed by atoms with Gasteiger partial charge in [0, 0.05) is 24.5 Å². The van der Waals surface area contributed by atoms with Crippen LogP contribution in [0.3, 0.4) is 0 Å². The molecule has 2 atom stereocenters. The molecule has 16 heavy (non-hydrogen) atoms. The summed E-state index contributed by atoms with van der Waals surface area (Å²) in [5, 5.41) is 3.47. The van der Waals surface area contributed by atoms with Crippen LogP contribution in [-0.4, -0.2) is 11.1 Å². The first-order chi connectivity index (χ1) is 7.69. The fourth-order valence-corrected chi connectivity index (χ4v) is 2.32. The summed E-state index contributed by atoms with van der Waals surface area (Å²) in [5.74, 6) is 0.768. The molecule has 0 aromatic carbocycles. The minimum atomic E-state index is 0.453. The van der Waals surface area contributed by atoms with Crippen molar-refractivity contribution in [2.75, 3.05) is 6.54 Å². The number of aromatic nitrogens is 1. The number of rotatable bonds is 7. The fraction of sp³-hybridized carbons (Fsp3) is 0.714. The zero-order valence-corrected chi connectivity index (χ0v) is 11.2. The average molecular weight is 222 g/mol. The highest BCUT2D eigenvalue weighted by atomic mass is 15.0. The van der Waals surface area contributed by atoms with E-state index < -0.39 is 0 Å². The summed E-state index contributed by atoms with van der Waals surface area (Å²) in [6.45, 7) is 11.2. The zero-order chi connectivity index (χ0) is 12.0. The third-order valence-electron chi connectivity index (χ3n) is 3.11. The maximum atomic E-state index is 3.47. The van der Waals surface area contributed by atoms with Crippen molar-refractivity contribution < 1.29 is 0 Å². The van der Waals surface area contributed by atoms with E-state index in [0.29, 0.717) is 6.04 Å². The van der Waals surface area contributed by atoms with Crippen molar-refractivity contribution in [3.8, 4) is 0 Å². The van der Waals surface area contributed by atoms with Gasteiger partial charge in [0.15, 0.2) is 0 Å². The Labute approximate surface area is 100 Å². The topological polar surface area (TPSA) is 17.0 Å². The fourth-order valence-electron chi connectivity index (χ4n) is 2.32. The molecule has 1 rings (SSSR count). The monoisotopic (exact) mass is 222 g/mol. The number of hydrogen-bond acceptors (Lipinski definition) is 1. The Morgan fingerprint density at radius 1 is 1.31 bits per heavy atom. The van der Waals surface area contributed by atoms with Crippen LogP contribution in [0.15, 0.2) is 18.3 Å².